The lowest BCUT2D eigenvalue weighted by molar-refractivity contribution is -0.140. The molecule has 148 valence electrons. The fraction of sp³-hybridized carbons (Fsp3) is 0.263. The number of carbonyl (C=O) groups excluding carboxylic acids is 1. The van der Waals surface area contributed by atoms with Crippen LogP contribution in [0.5, 0.6) is 5.75 Å². The van der Waals surface area contributed by atoms with Crippen molar-refractivity contribution in [3.05, 3.63) is 64.4 Å². The van der Waals surface area contributed by atoms with E-state index in [9.17, 15) is 18.0 Å². The summed E-state index contributed by atoms with van der Waals surface area (Å²) in [5.41, 5.74) is 0.385. The number of furan rings is 1. The Morgan fingerprint density at radius 3 is 2.50 bits per heavy atom. The van der Waals surface area contributed by atoms with Crippen molar-refractivity contribution in [2.24, 2.45) is 0 Å². The molecule has 0 spiro atoms. The molecule has 0 saturated carbocycles. The van der Waals surface area contributed by atoms with E-state index in [0.29, 0.717) is 11.5 Å². The number of para-hydroxylation sites is 1. The van der Waals surface area contributed by atoms with Gasteiger partial charge in [0.15, 0.2) is 11.5 Å². The van der Waals surface area contributed by atoms with E-state index in [1.807, 2.05) is 32.0 Å². The van der Waals surface area contributed by atoms with Gasteiger partial charge in [-0.05, 0) is 44.0 Å². The van der Waals surface area contributed by atoms with Crippen LogP contribution in [0.1, 0.15) is 38.8 Å². The molecule has 1 aromatic carbocycles. The maximum atomic E-state index is 13.0. The number of aryl methyl sites for hydroxylation is 3. The molecule has 0 radical (unpaired) electrons. The first-order valence-electron chi connectivity index (χ1n) is 8.38. The molecular formula is C19H18F3N3O3. The highest BCUT2D eigenvalue weighted by molar-refractivity contribution is 6.03. The van der Waals surface area contributed by atoms with E-state index < -0.39 is 23.5 Å². The van der Waals surface area contributed by atoms with Gasteiger partial charge in [0.05, 0.1) is 11.4 Å². The monoisotopic (exact) mass is 393 g/mol. The number of aromatic amines is 1. The van der Waals surface area contributed by atoms with Crippen LogP contribution in [0.25, 0.3) is 0 Å². The predicted molar refractivity (Wildman–Crippen MR) is 95.2 cm³/mol. The van der Waals surface area contributed by atoms with Crippen molar-refractivity contribution < 1.29 is 27.1 Å². The Balaban J connectivity index is 1.71. The van der Waals surface area contributed by atoms with Crippen LogP contribution < -0.4 is 10.1 Å². The van der Waals surface area contributed by atoms with Crippen molar-refractivity contribution in [1.29, 1.82) is 0 Å². The summed E-state index contributed by atoms with van der Waals surface area (Å²) in [5.74, 6) is 0.142. The second kappa shape index (κ2) is 7.41. The van der Waals surface area contributed by atoms with E-state index in [2.05, 4.69) is 15.5 Å². The first-order chi connectivity index (χ1) is 13.2. The van der Waals surface area contributed by atoms with E-state index >= 15 is 0 Å². The van der Waals surface area contributed by atoms with E-state index in [1.165, 1.54) is 19.1 Å². The zero-order chi connectivity index (χ0) is 20.5. The number of amides is 1. The number of ether oxygens (including phenoxy) is 1. The van der Waals surface area contributed by atoms with Gasteiger partial charge in [0.2, 0.25) is 0 Å². The van der Waals surface area contributed by atoms with E-state index in [0.717, 1.165) is 11.1 Å². The third-order valence-electron chi connectivity index (χ3n) is 4.11. The number of carbonyl (C=O) groups is 1. The maximum absolute atomic E-state index is 13.0. The number of H-pyrrole nitrogens is 1. The highest BCUT2D eigenvalue weighted by atomic mass is 19.4. The van der Waals surface area contributed by atoms with Gasteiger partial charge in [-0.3, -0.25) is 9.89 Å². The minimum Gasteiger partial charge on any atom is -0.485 e. The Labute approximate surface area is 158 Å². The van der Waals surface area contributed by atoms with Gasteiger partial charge in [-0.1, -0.05) is 18.2 Å². The molecule has 0 unspecified atom stereocenters. The van der Waals surface area contributed by atoms with Crippen LogP contribution in [0.2, 0.25) is 0 Å². The summed E-state index contributed by atoms with van der Waals surface area (Å²) in [6, 6.07) is 8.65. The number of alkyl halides is 3. The number of nitrogens with one attached hydrogen (secondary N) is 2. The topological polar surface area (TPSA) is 80.1 Å². The molecule has 2 N–H and O–H groups in total. The van der Waals surface area contributed by atoms with Crippen molar-refractivity contribution in [2.75, 3.05) is 5.32 Å². The van der Waals surface area contributed by atoms with E-state index in [4.69, 9.17) is 9.15 Å². The maximum Gasteiger partial charge on any atom is 0.437 e. The summed E-state index contributed by atoms with van der Waals surface area (Å²) in [5, 5.41) is 7.62. The van der Waals surface area contributed by atoms with Gasteiger partial charge in [0.1, 0.15) is 18.1 Å². The van der Waals surface area contributed by atoms with Crippen LogP contribution in [-0.4, -0.2) is 16.1 Å². The van der Waals surface area contributed by atoms with Crippen LogP contribution in [0.4, 0.5) is 18.9 Å². The van der Waals surface area contributed by atoms with Gasteiger partial charge in [0, 0.05) is 0 Å². The van der Waals surface area contributed by atoms with E-state index in [-0.39, 0.29) is 18.1 Å². The van der Waals surface area contributed by atoms with Gasteiger partial charge < -0.3 is 14.5 Å². The van der Waals surface area contributed by atoms with Crippen LogP contribution in [0, 0.1) is 20.8 Å². The molecule has 0 bridgehead atoms. The minimum atomic E-state index is -4.69. The molecule has 2 heterocycles. The van der Waals surface area contributed by atoms with Crippen molar-refractivity contribution in [1.82, 2.24) is 10.2 Å². The number of aromatic nitrogens is 2. The van der Waals surface area contributed by atoms with Crippen molar-refractivity contribution in [3.63, 3.8) is 0 Å². The molecule has 0 aliphatic carbocycles. The number of rotatable bonds is 5. The van der Waals surface area contributed by atoms with Crippen LogP contribution in [0.15, 0.2) is 34.7 Å². The highest BCUT2D eigenvalue weighted by Gasteiger charge is 2.38. The zero-order valence-corrected chi connectivity index (χ0v) is 15.4. The first-order valence-corrected chi connectivity index (χ1v) is 8.38. The van der Waals surface area contributed by atoms with Gasteiger partial charge in [-0.15, -0.1) is 0 Å². The molecule has 6 nitrogen and oxygen atoms in total. The van der Waals surface area contributed by atoms with Crippen LogP contribution in [-0.2, 0) is 12.8 Å². The molecule has 0 atom stereocenters. The largest absolute Gasteiger partial charge is 0.485 e. The summed E-state index contributed by atoms with van der Waals surface area (Å²) in [6.07, 6.45) is -4.69. The summed E-state index contributed by atoms with van der Waals surface area (Å²) in [7, 11) is 0. The van der Waals surface area contributed by atoms with Gasteiger partial charge in [-0.25, -0.2) is 0 Å². The Bertz CT molecular complexity index is 985. The number of nitrogens with zero attached hydrogens (tertiary/aromatic N) is 1. The number of hydrogen-bond acceptors (Lipinski definition) is 4. The third kappa shape index (κ3) is 4.03. The predicted octanol–water partition coefficient (Wildman–Crippen LogP) is 4.78. The zero-order valence-electron chi connectivity index (χ0n) is 15.4. The lowest BCUT2D eigenvalue weighted by Crippen LogP contribution is -2.16. The van der Waals surface area contributed by atoms with Crippen LogP contribution in [0.3, 0.4) is 0 Å². The summed E-state index contributed by atoms with van der Waals surface area (Å²) >= 11 is 0. The molecule has 0 aliphatic rings. The molecule has 3 rings (SSSR count). The second-order valence-corrected chi connectivity index (χ2v) is 6.30. The lowest BCUT2D eigenvalue weighted by atomic mass is 10.1. The summed E-state index contributed by atoms with van der Waals surface area (Å²) in [4.78, 5) is 12.3. The Kier molecular flexibility index (Phi) is 5.17. The van der Waals surface area contributed by atoms with E-state index in [1.54, 1.807) is 0 Å². The first kappa shape index (κ1) is 19.5. The van der Waals surface area contributed by atoms with Gasteiger partial charge in [0.25, 0.3) is 5.91 Å². The minimum absolute atomic E-state index is 0.0809. The fourth-order valence-electron chi connectivity index (χ4n) is 2.71. The molecule has 28 heavy (non-hydrogen) atoms. The number of hydrogen-bond donors (Lipinski definition) is 2. The average Bonchev–Trinajstić information content (AvgIpc) is 3.21. The van der Waals surface area contributed by atoms with Crippen molar-refractivity contribution in [2.45, 2.75) is 33.6 Å². The van der Waals surface area contributed by atoms with Gasteiger partial charge in [-0.2, -0.15) is 18.3 Å². The smallest absolute Gasteiger partial charge is 0.437 e. The standard InChI is InChI=1S/C19H18F3N3O3/c1-10-5-4-6-11(2)16(10)27-9-13-7-8-14(28-13)18(26)23-15-12(3)24-25-17(15)19(20,21)22/h4-8H,9H2,1-3H3,(H,23,26)(H,24,25). The molecule has 0 aliphatic heterocycles. The Morgan fingerprint density at radius 1 is 1.18 bits per heavy atom. The summed E-state index contributed by atoms with van der Waals surface area (Å²) in [6.45, 7) is 5.28. The second-order valence-electron chi connectivity index (χ2n) is 6.30. The van der Waals surface area contributed by atoms with Crippen molar-refractivity contribution in [3.8, 4) is 5.75 Å². The SMILES string of the molecule is Cc1cccc(C)c1OCc1ccc(C(=O)Nc2c(C(F)(F)F)n[nH]c2C)o1. The molecular weight excluding hydrogens is 375 g/mol. The highest BCUT2D eigenvalue weighted by Crippen LogP contribution is 2.35. The number of halogens is 3. The molecule has 1 amide bonds. The molecule has 9 heteroatoms. The van der Waals surface area contributed by atoms with Gasteiger partial charge >= 0.3 is 6.18 Å². The number of benzene rings is 1. The molecule has 3 aromatic rings. The quantitative estimate of drug-likeness (QED) is 0.654. The lowest BCUT2D eigenvalue weighted by Gasteiger charge is -2.10. The number of anilines is 1. The summed E-state index contributed by atoms with van der Waals surface area (Å²) < 4.78 is 50.1. The fourth-order valence-corrected chi connectivity index (χ4v) is 2.71. The Hall–Kier alpha value is -3.23. The third-order valence-corrected chi connectivity index (χ3v) is 4.11. The molecule has 0 saturated heterocycles. The molecule has 2 aromatic heterocycles. The van der Waals surface area contributed by atoms with Crippen LogP contribution >= 0.6 is 0 Å². The average molecular weight is 393 g/mol. The normalized spacial score (nSPS) is 11.5. The Morgan fingerprint density at radius 2 is 1.86 bits per heavy atom. The molecule has 0 fully saturated rings. The van der Waals surface area contributed by atoms with Crippen molar-refractivity contribution >= 4 is 11.6 Å².